The van der Waals surface area contributed by atoms with Gasteiger partial charge in [-0.1, -0.05) is 11.6 Å². The summed E-state index contributed by atoms with van der Waals surface area (Å²) in [5.74, 6) is 0.658. The van der Waals surface area contributed by atoms with Gasteiger partial charge in [0.2, 0.25) is 0 Å². The zero-order valence-electron chi connectivity index (χ0n) is 11.4. The average molecular weight is 294 g/mol. The number of nitrogens with one attached hydrogen (secondary N) is 1. The summed E-state index contributed by atoms with van der Waals surface area (Å²) in [5, 5.41) is 7.26. The van der Waals surface area contributed by atoms with Crippen molar-refractivity contribution < 1.29 is 9.53 Å². The summed E-state index contributed by atoms with van der Waals surface area (Å²) in [6, 6.07) is 7.12. The number of halogens is 1. The number of ether oxygens (including phenoxy) is 1. The Bertz CT molecular complexity index is 580. The number of benzene rings is 1. The first-order chi connectivity index (χ1) is 9.58. The summed E-state index contributed by atoms with van der Waals surface area (Å²) in [5.41, 5.74) is 1.35. The molecule has 0 aliphatic heterocycles. The molecule has 1 aromatic carbocycles. The molecule has 0 spiro atoms. The fourth-order valence-corrected chi connectivity index (χ4v) is 1.83. The molecule has 2 rings (SSSR count). The Hall–Kier alpha value is -2.01. The molecule has 0 aliphatic rings. The normalized spacial score (nSPS) is 10.3. The highest BCUT2D eigenvalue weighted by atomic mass is 35.5. The van der Waals surface area contributed by atoms with Gasteiger partial charge in [0.1, 0.15) is 12.4 Å². The number of hydrogen-bond donors (Lipinski definition) is 1. The first-order valence-electron chi connectivity index (χ1n) is 6.21. The molecule has 0 atom stereocenters. The minimum absolute atomic E-state index is 0.0732. The number of aromatic nitrogens is 2. The van der Waals surface area contributed by atoms with Gasteiger partial charge < -0.3 is 9.64 Å². The standard InChI is InChI=1S/C14H16ClN3O2/c1-10-13(9-16-17-10)14(19)18(2)7-8-20-12-5-3-11(15)4-6-12/h3-6,9H,7-8H2,1-2H3,(H,16,17). The summed E-state index contributed by atoms with van der Waals surface area (Å²) >= 11 is 5.79. The Morgan fingerprint density at radius 3 is 2.70 bits per heavy atom. The molecule has 5 nitrogen and oxygen atoms in total. The van der Waals surface area contributed by atoms with Crippen LogP contribution in [-0.4, -0.2) is 41.2 Å². The summed E-state index contributed by atoms with van der Waals surface area (Å²) in [6.45, 7) is 2.73. The smallest absolute Gasteiger partial charge is 0.257 e. The van der Waals surface area contributed by atoms with Crippen LogP contribution >= 0.6 is 11.6 Å². The molecular formula is C14H16ClN3O2. The van der Waals surface area contributed by atoms with Crippen molar-refractivity contribution in [2.75, 3.05) is 20.2 Å². The van der Waals surface area contributed by atoms with Crippen LogP contribution in [0.5, 0.6) is 5.75 Å². The highest BCUT2D eigenvalue weighted by Gasteiger charge is 2.15. The first-order valence-corrected chi connectivity index (χ1v) is 6.59. The zero-order valence-corrected chi connectivity index (χ0v) is 12.1. The lowest BCUT2D eigenvalue weighted by atomic mass is 10.2. The van der Waals surface area contributed by atoms with Crippen LogP contribution in [0.1, 0.15) is 16.1 Å². The molecule has 1 N–H and O–H groups in total. The maximum absolute atomic E-state index is 12.1. The van der Waals surface area contributed by atoms with Gasteiger partial charge in [0.25, 0.3) is 5.91 Å². The van der Waals surface area contributed by atoms with E-state index in [1.165, 1.54) is 6.20 Å². The summed E-state index contributed by atoms with van der Waals surface area (Å²) in [6.07, 6.45) is 1.54. The molecule has 0 aliphatic carbocycles. The Kier molecular flexibility index (Phi) is 4.63. The molecule has 0 radical (unpaired) electrons. The van der Waals surface area contributed by atoms with E-state index in [4.69, 9.17) is 16.3 Å². The molecule has 0 bridgehead atoms. The largest absolute Gasteiger partial charge is 0.492 e. The lowest BCUT2D eigenvalue weighted by Crippen LogP contribution is -2.31. The van der Waals surface area contributed by atoms with E-state index in [0.717, 1.165) is 11.4 Å². The van der Waals surface area contributed by atoms with Gasteiger partial charge >= 0.3 is 0 Å². The van der Waals surface area contributed by atoms with Crippen molar-refractivity contribution in [1.29, 1.82) is 0 Å². The number of carbonyl (C=O) groups is 1. The van der Waals surface area contributed by atoms with Crippen molar-refractivity contribution in [3.8, 4) is 5.75 Å². The minimum atomic E-state index is -0.0732. The third-order valence-electron chi connectivity index (χ3n) is 2.92. The molecule has 1 amide bonds. The van der Waals surface area contributed by atoms with E-state index >= 15 is 0 Å². The van der Waals surface area contributed by atoms with E-state index in [-0.39, 0.29) is 5.91 Å². The topological polar surface area (TPSA) is 58.2 Å². The fraction of sp³-hybridized carbons (Fsp3) is 0.286. The van der Waals surface area contributed by atoms with Crippen LogP contribution in [0.4, 0.5) is 0 Å². The molecule has 1 heterocycles. The molecule has 106 valence electrons. The predicted molar refractivity (Wildman–Crippen MR) is 77.2 cm³/mol. The molecule has 1 aromatic heterocycles. The highest BCUT2D eigenvalue weighted by Crippen LogP contribution is 2.15. The van der Waals surface area contributed by atoms with Crippen molar-refractivity contribution in [2.45, 2.75) is 6.92 Å². The van der Waals surface area contributed by atoms with E-state index < -0.39 is 0 Å². The molecule has 6 heteroatoms. The Labute approximate surface area is 122 Å². The van der Waals surface area contributed by atoms with Crippen LogP contribution in [0.2, 0.25) is 5.02 Å². The fourth-order valence-electron chi connectivity index (χ4n) is 1.70. The van der Waals surface area contributed by atoms with Crippen LogP contribution in [0.15, 0.2) is 30.5 Å². The second kappa shape index (κ2) is 6.43. The van der Waals surface area contributed by atoms with Crippen LogP contribution < -0.4 is 4.74 Å². The van der Waals surface area contributed by atoms with Gasteiger partial charge in [0.05, 0.1) is 18.3 Å². The van der Waals surface area contributed by atoms with Crippen molar-refractivity contribution in [3.05, 3.63) is 46.7 Å². The number of aryl methyl sites for hydroxylation is 1. The average Bonchev–Trinajstić information content (AvgIpc) is 2.86. The highest BCUT2D eigenvalue weighted by molar-refractivity contribution is 6.30. The first kappa shape index (κ1) is 14.4. The SMILES string of the molecule is Cc1[nH]ncc1C(=O)N(C)CCOc1ccc(Cl)cc1. The number of aromatic amines is 1. The van der Waals surface area contributed by atoms with E-state index in [9.17, 15) is 4.79 Å². The van der Waals surface area contributed by atoms with Gasteiger partial charge in [0, 0.05) is 17.8 Å². The van der Waals surface area contributed by atoms with Crippen molar-refractivity contribution in [3.63, 3.8) is 0 Å². The van der Waals surface area contributed by atoms with E-state index in [2.05, 4.69) is 10.2 Å². The number of nitrogens with zero attached hydrogens (tertiary/aromatic N) is 2. The maximum Gasteiger partial charge on any atom is 0.257 e. The molecule has 20 heavy (non-hydrogen) atoms. The lowest BCUT2D eigenvalue weighted by molar-refractivity contribution is 0.0773. The molecular weight excluding hydrogens is 278 g/mol. The third-order valence-corrected chi connectivity index (χ3v) is 3.17. The summed E-state index contributed by atoms with van der Waals surface area (Å²) in [4.78, 5) is 13.7. The number of rotatable bonds is 5. The third kappa shape index (κ3) is 3.51. The van der Waals surface area contributed by atoms with Gasteiger partial charge in [-0.2, -0.15) is 5.10 Å². The summed E-state index contributed by atoms with van der Waals surface area (Å²) < 4.78 is 5.55. The number of amides is 1. The van der Waals surface area contributed by atoms with Crippen LogP contribution in [0.3, 0.4) is 0 Å². The van der Waals surface area contributed by atoms with Crippen molar-refractivity contribution in [1.82, 2.24) is 15.1 Å². The van der Waals surface area contributed by atoms with Crippen molar-refractivity contribution >= 4 is 17.5 Å². The van der Waals surface area contributed by atoms with Gasteiger partial charge in [-0.15, -0.1) is 0 Å². The number of hydrogen-bond acceptors (Lipinski definition) is 3. The predicted octanol–water partition coefficient (Wildman–Crippen LogP) is 2.52. The monoisotopic (exact) mass is 293 g/mol. The van der Waals surface area contributed by atoms with Crippen LogP contribution in [0.25, 0.3) is 0 Å². The van der Waals surface area contributed by atoms with Gasteiger partial charge in [0.15, 0.2) is 0 Å². The van der Waals surface area contributed by atoms with E-state index in [1.807, 2.05) is 6.92 Å². The van der Waals surface area contributed by atoms with Crippen LogP contribution in [0, 0.1) is 6.92 Å². The Balaban J connectivity index is 1.83. The molecule has 0 saturated heterocycles. The van der Waals surface area contributed by atoms with Gasteiger partial charge in [-0.3, -0.25) is 9.89 Å². The molecule has 0 unspecified atom stereocenters. The molecule has 0 fully saturated rings. The molecule has 0 saturated carbocycles. The van der Waals surface area contributed by atoms with Gasteiger partial charge in [-0.25, -0.2) is 0 Å². The second-order valence-corrected chi connectivity index (χ2v) is 4.87. The Morgan fingerprint density at radius 2 is 2.10 bits per heavy atom. The maximum atomic E-state index is 12.1. The summed E-state index contributed by atoms with van der Waals surface area (Å²) in [7, 11) is 1.74. The van der Waals surface area contributed by atoms with Crippen molar-refractivity contribution in [2.24, 2.45) is 0 Å². The lowest BCUT2D eigenvalue weighted by Gasteiger charge is -2.17. The number of carbonyl (C=O) groups excluding carboxylic acids is 1. The Morgan fingerprint density at radius 1 is 1.40 bits per heavy atom. The van der Waals surface area contributed by atoms with E-state index in [0.29, 0.717) is 23.7 Å². The number of H-pyrrole nitrogens is 1. The number of likely N-dealkylation sites (N-methyl/N-ethyl adjacent to an activating group) is 1. The van der Waals surface area contributed by atoms with Crippen LogP contribution in [-0.2, 0) is 0 Å². The van der Waals surface area contributed by atoms with Gasteiger partial charge in [-0.05, 0) is 31.2 Å². The molecule has 2 aromatic rings. The zero-order chi connectivity index (χ0) is 14.5. The van der Waals surface area contributed by atoms with E-state index in [1.54, 1.807) is 36.2 Å². The minimum Gasteiger partial charge on any atom is -0.492 e. The quantitative estimate of drug-likeness (QED) is 0.921. The second-order valence-electron chi connectivity index (χ2n) is 4.44.